The lowest BCUT2D eigenvalue weighted by atomic mass is 9.84. The van der Waals surface area contributed by atoms with Gasteiger partial charge in [0, 0.05) is 6.54 Å². The van der Waals surface area contributed by atoms with Gasteiger partial charge in [-0.3, -0.25) is 0 Å². The van der Waals surface area contributed by atoms with Gasteiger partial charge in [-0.15, -0.1) is 0 Å². The molecular weight excluding hydrogens is 314 g/mol. The number of ether oxygens (including phenoxy) is 2. The number of rotatable bonds is 4. The van der Waals surface area contributed by atoms with Crippen LogP contribution in [-0.2, 0) is 16.1 Å². The molecule has 0 bridgehead atoms. The van der Waals surface area contributed by atoms with E-state index in [0.29, 0.717) is 13.2 Å². The van der Waals surface area contributed by atoms with Gasteiger partial charge in [-0.2, -0.15) is 0 Å². The number of likely N-dealkylation sites (tertiary alicyclic amines) is 1. The summed E-state index contributed by atoms with van der Waals surface area (Å²) in [7, 11) is 0. The van der Waals surface area contributed by atoms with Crippen LogP contribution in [0.4, 0.5) is 4.79 Å². The molecule has 4 heteroatoms. The minimum atomic E-state index is -0.460. The Morgan fingerprint density at radius 3 is 2.52 bits per heavy atom. The second kappa shape index (κ2) is 7.36. The zero-order chi connectivity index (χ0) is 17.9. The molecule has 1 heterocycles. The molecule has 3 rings (SSSR count). The topological polar surface area (TPSA) is 38.8 Å². The lowest BCUT2D eigenvalue weighted by Crippen LogP contribution is -2.42. The van der Waals surface area contributed by atoms with Crippen molar-refractivity contribution in [3.63, 3.8) is 0 Å². The molecule has 1 saturated heterocycles. The number of hydrogen-bond acceptors (Lipinski definition) is 3. The van der Waals surface area contributed by atoms with Crippen molar-refractivity contribution in [3.05, 3.63) is 35.9 Å². The largest absolute Gasteiger partial charge is 0.444 e. The van der Waals surface area contributed by atoms with E-state index in [1.807, 2.05) is 43.9 Å². The third-order valence-electron chi connectivity index (χ3n) is 5.33. The molecule has 1 aromatic rings. The van der Waals surface area contributed by atoms with E-state index >= 15 is 0 Å². The van der Waals surface area contributed by atoms with E-state index in [1.54, 1.807) is 0 Å². The standard InChI is InChI=1S/C21H31NO3/c1-20(2,3)25-19(23)22-16-21(11-7-8-12-21)13-18(22)15-24-14-17-9-5-4-6-10-17/h4-6,9-10,18H,7-8,11-16H2,1-3H3/t18-/m0/s1. The first-order chi connectivity index (χ1) is 11.9. The van der Waals surface area contributed by atoms with Crippen molar-refractivity contribution in [2.24, 2.45) is 5.41 Å². The minimum Gasteiger partial charge on any atom is -0.444 e. The third kappa shape index (κ3) is 4.75. The number of amides is 1. The zero-order valence-corrected chi connectivity index (χ0v) is 15.8. The van der Waals surface area contributed by atoms with Gasteiger partial charge in [-0.05, 0) is 51.0 Å². The molecule has 0 unspecified atom stereocenters. The SMILES string of the molecule is CC(C)(C)OC(=O)N1CC2(CCCC2)C[C@H]1COCc1ccccc1. The van der Waals surface area contributed by atoms with Crippen LogP contribution in [0.3, 0.4) is 0 Å². The van der Waals surface area contributed by atoms with Crippen LogP contribution in [-0.4, -0.2) is 35.8 Å². The molecule has 1 saturated carbocycles. The highest BCUT2D eigenvalue weighted by molar-refractivity contribution is 5.69. The van der Waals surface area contributed by atoms with Gasteiger partial charge in [0.05, 0.1) is 19.3 Å². The van der Waals surface area contributed by atoms with Crippen LogP contribution >= 0.6 is 0 Å². The molecule has 0 radical (unpaired) electrons. The summed E-state index contributed by atoms with van der Waals surface area (Å²) in [5, 5.41) is 0. The van der Waals surface area contributed by atoms with E-state index in [1.165, 1.54) is 31.2 Å². The maximum atomic E-state index is 12.7. The molecule has 1 aliphatic heterocycles. The fraction of sp³-hybridized carbons (Fsp3) is 0.667. The van der Waals surface area contributed by atoms with Gasteiger partial charge in [-0.1, -0.05) is 43.2 Å². The van der Waals surface area contributed by atoms with Crippen molar-refractivity contribution in [2.45, 2.75) is 71.1 Å². The van der Waals surface area contributed by atoms with Crippen LogP contribution in [0.15, 0.2) is 30.3 Å². The maximum absolute atomic E-state index is 12.7. The summed E-state index contributed by atoms with van der Waals surface area (Å²) in [6.07, 6.45) is 5.85. The predicted octanol–water partition coefficient (Wildman–Crippen LogP) is 4.77. The van der Waals surface area contributed by atoms with Gasteiger partial charge in [0.25, 0.3) is 0 Å². The molecule has 4 nitrogen and oxygen atoms in total. The van der Waals surface area contributed by atoms with Crippen molar-refractivity contribution >= 4 is 6.09 Å². The third-order valence-corrected chi connectivity index (χ3v) is 5.33. The van der Waals surface area contributed by atoms with Crippen molar-refractivity contribution in [2.75, 3.05) is 13.2 Å². The van der Waals surface area contributed by atoms with Crippen LogP contribution in [0.25, 0.3) is 0 Å². The summed E-state index contributed by atoms with van der Waals surface area (Å²) in [5.41, 5.74) is 0.996. The van der Waals surface area contributed by atoms with Crippen LogP contribution < -0.4 is 0 Å². The monoisotopic (exact) mass is 345 g/mol. The predicted molar refractivity (Wildman–Crippen MR) is 98.3 cm³/mol. The van der Waals surface area contributed by atoms with Crippen LogP contribution in [0, 0.1) is 5.41 Å². The van der Waals surface area contributed by atoms with Gasteiger partial charge in [0.2, 0.25) is 0 Å². The van der Waals surface area contributed by atoms with Crippen LogP contribution in [0.2, 0.25) is 0 Å². The van der Waals surface area contributed by atoms with Crippen molar-refractivity contribution < 1.29 is 14.3 Å². The normalized spacial score (nSPS) is 22.5. The summed E-state index contributed by atoms with van der Waals surface area (Å²) in [5.74, 6) is 0. The highest BCUT2D eigenvalue weighted by Crippen LogP contribution is 2.48. The first-order valence-corrected chi connectivity index (χ1v) is 9.48. The second-order valence-corrected chi connectivity index (χ2v) is 8.67. The Morgan fingerprint density at radius 1 is 1.20 bits per heavy atom. The molecule has 0 aromatic heterocycles. The number of nitrogens with zero attached hydrogens (tertiary/aromatic N) is 1. The summed E-state index contributed by atoms with van der Waals surface area (Å²) in [6, 6.07) is 10.3. The Balaban J connectivity index is 1.62. The molecule has 2 aliphatic rings. The molecule has 2 fully saturated rings. The van der Waals surface area contributed by atoms with Crippen LogP contribution in [0.5, 0.6) is 0 Å². The van der Waals surface area contributed by atoms with Crippen molar-refractivity contribution in [3.8, 4) is 0 Å². The van der Waals surface area contributed by atoms with Crippen LogP contribution in [0.1, 0.15) is 58.4 Å². The van der Waals surface area contributed by atoms with E-state index in [2.05, 4.69) is 12.1 Å². The maximum Gasteiger partial charge on any atom is 0.410 e. The van der Waals surface area contributed by atoms with E-state index < -0.39 is 5.60 Å². The Kier molecular flexibility index (Phi) is 5.38. The number of hydrogen-bond donors (Lipinski definition) is 0. The number of carbonyl (C=O) groups is 1. The Morgan fingerprint density at radius 2 is 1.88 bits per heavy atom. The first-order valence-electron chi connectivity index (χ1n) is 9.48. The summed E-state index contributed by atoms with van der Waals surface area (Å²) >= 11 is 0. The fourth-order valence-corrected chi connectivity index (χ4v) is 4.22. The molecule has 25 heavy (non-hydrogen) atoms. The quantitative estimate of drug-likeness (QED) is 0.789. The Bertz CT molecular complexity index is 573. The smallest absolute Gasteiger partial charge is 0.410 e. The fourth-order valence-electron chi connectivity index (χ4n) is 4.22. The first kappa shape index (κ1) is 18.2. The average Bonchev–Trinajstić information content (AvgIpc) is 3.14. The molecule has 1 atom stereocenters. The number of benzene rings is 1. The molecule has 1 aromatic carbocycles. The van der Waals surface area contributed by atoms with E-state index in [0.717, 1.165) is 13.0 Å². The van der Waals surface area contributed by atoms with Crippen molar-refractivity contribution in [1.29, 1.82) is 0 Å². The van der Waals surface area contributed by atoms with E-state index in [-0.39, 0.29) is 17.6 Å². The lowest BCUT2D eigenvalue weighted by molar-refractivity contribution is 0.00822. The van der Waals surface area contributed by atoms with E-state index in [4.69, 9.17) is 9.47 Å². The van der Waals surface area contributed by atoms with Crippen molar-refractivity contribution in [1.82, 2.24) is 4.90 Å². The highest BCUT2D eigenvalue weighted by atomic mass is 16.6. The Hall–Kier alpha value is -1.55. The second-order valence-electron chi connectivity index (χ2n) is 8.67. The minimum absolute atomic E-state index is 0.122. The summed E-state index contributed by atoms with van der Waals surface area (Å²) in [6.45, 7) is 7.76. The van der Waals surface area contributed by atoms with Gasteiger partial charge in [0.1, 0.15) is 5.60 Å². The summed E-state index contributed by atoms with van der Waals surface area (Å²) in [4.78, 5) is 14.6. The zero-order valence-electron chi connectivity index (χ0n) is 15.8. The van der Waals surface area contributed by atoms with Gasteiger partial charge in [-0.25, -0.2) is 4.79 Å². The summed E-state index contributed by atoms with van der Waals surface area (Å²) < 4.78 is 11.6. The molecule has 138 valence electrons. The molecule has 1 aliphatic carbocycles. The van der Waals surface area contributed by atoms with Gasteiger partial charge in [0.15, 0.2) is 0 Å². The van der Waals surface area contributed by atoms with E-state index in [9.17, 15) is 4.79 Å². The number of carbonyl (C=O) groups excluding carboxylic acids is 1. The molecular formula is C21H31NO3. The Labute approximate surface area is 151 Å². The lowest BCUT2D eigenvalue weighted by Gasteiger charge is -2.29. The molecule has 0 N–H and O–H groups in total. The average molecular weight is 345 g/mol. The molecule has 1 amide bonds. The van der Waals surface area contributed by atoms with Gasteiger partial charge < -0.3 is 14.4 Å². The highest BCUT2D eigenvalue weighted by Gasteiger charge is 2.48. The van der Waals surface area contributed by atoms with Gasteiger partial charge >= 0.3 is 6.09 Å². The molecule has 1 spiro atoms.